The number of hydrogen-bond donors (Lipinski definition) is 1. The van der Waals surface area contributed by atoms with Crippen molar-refractivity contribution in [1.82, 2.24) is 14.8 Å². The van der Waals surface area contributed by atoms with Crippen molar-refractivity contribution in [3.8, 4) is 5.69 Å². The van der Waals surface area contributed by atoms with E-state index in [0.29, 0.717) is 0 Å². The van der Waals surface area contributed by atoms with Crippen LogP contribution in [0.4, 0.5) is 0 Å². The molecule has 3 aromatic rings. The van der Waals surface area contributed by atoms with E-state index in [1.165, 1.54) is 0 Å². The van der Waals surface area contributed by atoms with E-state index >= 15 is 0 Å². The van der Waals surface area contributed by atoms with Crippen molar-refractivity contribution in [2.75, 3.05) is 0 Å². The first-order valence-electron chi connectivity index (χ1n) is 6.50. The van der Waals surface area contributed by atoms with Gasteiger partial charge in [0.1, 0.15) is 0 Å². The Morgan fingerprint density at radius 2 is 2.05 bits per heavy atom. The third kappa shape index (κ3) is 2.79. The van der Waals surface area contributed by atoms with Crippen LogP contribution in [-0.4, -0.2) is 14.8 Å². The third-order valence-corrected chi connectivity index (χ3v) is 3.93. The van der Waals surface area contributed by atoms with Gasteiger partial charge in [-0.15, -0.1) is 11.3 Å². The lowest BCUT2D eigenvalue weighted by molar-refractivity contribution is 0.669. The number of thiazole rings is 1. The largest absolute Gasteiger partial charge is 0.322 e. The number of hydrogen-bond acceptors (Lipinski definition) is 4. The van der Waals surface area contributed by atoms with Crippen LogP contribution in [0.2, 0.25) is 0 Å². The lowest BCUT2D eigenvalue weighted by Gasteiger charge is -2.06. The zero-order chi connectivity index (χ0) is 13.9. The first-order valence-corrected chi connectivity index (χ1v) is 7.38. The Bertz CT molecular complexity index is 687. The summed E-state index contributed by atoms with van der Waals surface area (Å²) in [6.45, 7) is 2.00. The minimum atomic E-state index is -0.124. The molecule has 0 aliphatic heterocycles. The van der Waals surface area contributed by atoms with Gasteiger partial charge in [-0.25, -0.2) is 9.67 Å². The monoisotopic (exact) mass is 284 g/mol. The van der Waals surface area contributed by atoms with E-state index < -0.39 is 0 Å². The van der Waals surface area contributed by atoms with Crippen molar-refractivity contribution in [3.05, 3.63) is 64.4 Å². The standard InChI is InChI=1S/C15H16N4S/c1-11-17-12(10-20-11)9-14(16)15-7-8-19(18-15)13-5-3-2-4-6-13/h2-8,10,14H,9,16H2,1H3. The molecular weight excluding hydrogens is 268 g/mol. The zero-order valence-electron chi connectivity index (χ0n) is 11.2. The van der Waals surface area contributed by atoms with Gasteiger partial charge in [0.15, 0.2) is 0 Å². The molecule has 4 nitrogen and oxygen atoms in total. The SMILES string of the molecule is Cc1nc(CC(N)c2ccn(-c3ccccc3)n2)cs1. The fourth-order valence-electron chi connectivity index (χ4n) is 2.09. The molecule has 5 heteroatoms. The number of rotatable bonds is 4. The van der Waals surface area contributed by atoms with Crippen molar-refractivity contribution < 1.29 is 0 Å². The van der Waals surface area contributed by atoms with Crippen molar-refractivity contribution in [2.24, 2.45) is 5.73 Å². The van der Waals surface area contributed by atoms with Gasteiger partial charge in [0.25, 0.3) is 0 Å². The predicted molar refractivity (Wildman–Crippen MR) is 81.0 cm³/mol. The van der Waals surface area contributed by atoms with Crippen molar-refractivity contribution >= 4 is 11.3 Å². The van der Waals surface area contributed by atoms with Crippen molar-refractivity contribution in [3.63, 3.8) is 0 Å². The summed E-state index contributed by atoms with van der Waals surface area (Å²) in [5.41, 5.74) is 9.18. The van der Waals surface area contributed by atoms with E-state index in [2.05, 4.69) is 15.5 Å². The van der Waals surface area contributed by atoms with Gasteiger partial charge >= 0.3 is 0 Å². The first kappa shape index (κ1) is 13.0. The van der Waals surface area contributed by atoms with Gasteiger partial charge in [-0.3, -0.25) is 0 Å². The Balaban J connectivity index is 1.76. The molecule has 0 saturated heterocycles. The molecule has 0 spiro atoms. The highest BCUT2D eigenvalue weighted by molar-refractivity contribution is 7.09. The maximum atomic E-state index is 6.22. The number of aryl methyl sites for hydroxylation is 1. The summed E-state index contributed by atoms with van der Waals surface area (Å²) in [5.74, 6) is 0. The molecule has 0 aliphatic carbocycles. The van der Waals surface area contributed by atoms with Gasteiger partial charge in [0.05, 0.1) is 28.1 Å². The lowest BCUT2D eigenvalue weighted by Crippen LogP contribution is -2.14. The van der Waals surface area contributed by atoms with Crippen LogP contribution >= 0.6 is 11.3 Å². The van der Waals surface area contributed by atoms with E-state index in [1.54, 1.807) is 11.3 Å². The summed E-state index contributed by atoms with van der Waals surface area (Å²) in [6, 6.07) is 11.9. The summed E-state index contributed by atoms with van der Waals surface area (Å²) in [5, 5.41) is 7.68. The average Bonchev–Trinajstić information content (AvgIpc) is 3.09. The summed E-state index contributed by atoms with van der Waals surface area (Å²) in [6.07, 6.45) is 2.66. The highest BCUT2D eigenvalue weighted by atomic mass is 32.1. The minimum absolute atomic E-state index is 0.124. The number of nitrogens with two attached hydrogens (primary N) is 1. The highest BCUT2D eigenvalue weighted by Crippen LogP contribution is 2.17. The molecule has 0 saturated carbocycles. The van der Waals surface area contributed by atoms with Crippen LogP contribution in [0.5, 0.6) is 0 Å². The van der Waals surface area contributed by atoms with Crippen molar-refractivity contribution in [1.29, 1.82) is 0 Å². The second-order valence-electron chi connectivity index (χ2n) is 4.69. The summed E-state index contributed by atoms with van der Waals surface area (Å²) in [4.78, 5) is 4.45. The second kappa shape index (κ2) is 5.56. The second-order valence-corrected chi connectivity index (χ2v) is 5.75. The summed E-state index contributed by atoms with van der Waals surface area (Å²) < 4.78 is 1.85. The molecule has 0 fully saturated rings. The van der Waals surface area contributed by atoms with Gasteiger partial charge in [-0.1, -0.05) is 18.2 Å². The molecule has 1 aromatic carbocycles. The van der Waals surface area contributed by atoms with Crippen LogP contribution in [-0.2, 0) is 6.42 Å². The molecule has 1 atom stereocenters. The molecule has 102 valence electrons. The smallest absolute Gasteiger partial charge is 0.0897 e. The van der Waals surface area contributed by atoms with E-state index in [9.17, 15) is 0 Å². The van der Waals surface area contributed by atoms with E-state index in [1.807, 2.05) is 54.2 Å². The van der Waals surface area contributed by atoms with Gasteiger partial charge in [-0.05, 0) is 25.1 Å². The first-order chi connectivity index (χ1) is 9.72. The van der Waals surface area contributed by atoms with Crippen LogP contribution in [0.15, 0.2) is 48.0 Å². The molecule has 2 N–H and O–H groups in total. The lowest BCUT2D eigenvalue weighted by atomic mass is 10.1. The van der Waals surface area contributed by atoms with E-state index in [-0.39, 0.29) is 6.04 Å². The normalized spacial score (nSPS) is 12.5. The number of aromatic nitrogens is 3. The Hall–Kier alpha value is -1.98. The number of benzene rings is 1. The maximum absolute atomic E-state index is 6.22. The van der Waals surface area contributed by atoms with Gasteiger partial charge < -0.3 is 5.73 Å². The molecule has 2 aromatic heterocycles. The minimum Gasteiger partial charge on any atom is -0.322 e. The fraction of sp³-hybridized carbons (Fsp3) is 0.200. The van der Waals surface area contributed by atoms with E-state index in [4.69, 9.17) is 5.73 Å². The molecule has 2 heterocycles. The van der Waals surface area contributed by atoms with Crippen LogP contribution in [0.1, 0.15) is 22.4 Å². The molecule has 0 aliphatic rings. The topological polar surface area (TPSA) is 56.7 Å². The Kier molecular flexibility index (Phi) is 3.62. The van der Waals surface area contributed by atoms with Crippen LogP contribution in [0.25, 0.3) is 5.69 Å². The molecule has 0 amide bonds. The molecule has 20 heavy (non-hydrogen) atoms. The Morgan fingerprint density at radius 1 is 1.25 bits per heavy atom. The number of para-hydroxylation sites is 1. The number of nitrogens with zero attached hydrogens (tertiary/aromatic N) is 3. The third-order valence-electron chi connectivity index (χ3n) is 3.11. The van der Waals surface area contributed by atoms with Gasteiger partial charge in [-0.2, -0.15) is 5.10 Å². The molecule has 3 rings (SSSR count). The average molecular weight is 284 g/mol. The van der Waals surface area contributed by atoms with Crippen LogP contribution < -0.4 is 5.73 Å². The molecular formula is C15H16N4S. The Labute approximate surface area is 121 Å². The van der Waals surface area contributed by atoms with Gasteiger partial charge in [0.2, 0.25) is 0 Å². The molecule has 0 bridgehead atoms. The van der Waals surface area contributed by atoms with Crippen LogP contribution in [0, 0.1) is 6.92 Å². The van der Waals surface area contributed by atoms with Crippen LogP contribution in [0.3, 0.4) is 0 Å². The quantitative estimate of drug-likeness (QED) is 0.801. The predicted octanol–water partition coefficient (Wildman–Crippen LogP) is 2.88. The van der Waals surface area contributed by atoms with Crippen molar-refractivity contribution in [2.45, 2.75) is 19.4 Å². The molecule has 0 radical (unpaired) electrons. The maximum Gasteiger partial charge on any atom is 0.0897 e. The zero-order valence-corrected chi connectivity index (χ0v) is 12.0. The molecule has 1 unspecified atom stereocenters. The highest BCUT2D eigenvalue weighted by Gasteiger charge is 2.12. The van der Waals surface area contributed by atoms with Gasteiger partial charge in [0, 0.05) is 18.0 Å². The summed E-state index contributed by atoms with van der Waals surface area (Å²) in [7, 11) is 0. The van der Waals surface area contributed by atoms with E-state index in [0.717, 1.165) is 28.5 Å². The summed E-state index contributed by atoms with van der Waals surface area (Å²) >= 11 is 1.65. The fourth-order valence-corrected chi connectivity index (χ4v) is 2.72. The Morgan fingerprint density at radius 3 is 2.75 bits per heavy atom.